The van der Waals surface area contributed by atoms with Crippen LogP contribution in [0.3, 0.4) is 0 Å². The van der Waals surface area contributed by atoms with Crippen LogP contribution in [0.5, 0.6) is 0 Å². The first-order valence-corrected chi connectivity index (χ1v) is 6.16. The van der Waals surface area contributed by atoms with Crippen LogP contribution < -0.4 is 5.73 Å². The molecule has 0 amide bonds. The van der Waals surface area contributed by atoms with E-state index in [0.717, 1.165) is 13.0 Å². The Morgan fingerprint density at radius 3 is 2.44 bits per heavy atom. The summed E-state index contributed by atoms with van der Waals surface area (Å²) >= 11 is 0. The lowest BCUT2D eigenvalue weighted by Crippen LogP contribution is -1.96. The van der Waals surface area contributed by atoms with Gasteiger partial charge < -0.3 is 5.73 Å². The maximum Gasteiger partial charge on any atom is -0.00424 e. The van der Waals surface area contributed by atoms with E-state index in [1.807, 2.05) is 0 Å². The molecule has 1 atom stereocenters. The van der Waals surface area contributed by atoms with Crippen LogP contribution in [0.25, 0.3) is 5.57 Å². The highest BCUT2D eigenvalue weighted by molar-refractivity contribution is 5.63. The molecule has 0 aliphatic carbocycles. The summed E-state index contributed by atoms with van der Waals surface area (Å²) in [5.74, 6) is 0.655. The molecular weight excluding hydrogens is 194 g/mol. The van der Waals surface area contributed by atoms with Crippen molar-refractivity contribution in [3.8, 4) is 0 Å². The van der Waals surface area contributed by atoms with Gasteiger partial charge in [0.15, 0.2) is 0 Å². The van der Waals surface area contributed by atoms with Crippen molar-refractivity contribution < 1.29 is 0 Å². The minimum absolute atomic E-state index is 0.655. The zero-order chi connectivity index (χ0) is 12.0. The fraction of sp³-hybridized carbons (Fsp3) is 0.467. The molecule has 0 saturated carbocycles. The average molecular weight is 217 g/mol. The predicted octanol–water partition coefficient (Wildman–Crippen LogP) is 3.95. The summed E-state index contributed by atoms with van der Waals surface area (Å²) in [6, 6.07) is 8.90. The Bertz CT molecular complexity index is 335. The monoisotopic (exact) mass is 217 g/mol. The Morgan fingerprint density at radius 1 is 1.31 bits per heavy atom. The Morgan fingerprint density at radius 2 is 1.94 bits per heavy atom. The van der Waals surface area contributed by atoms with Crippen LogP contribution in [0.15, 0.2) is 30.3 Å². The van der Waals surface area contributed by atoms with Crippen LogP contribution in [0.4, 0.5) is 0 Å². The first-order chi connectivity index (χ1) is 7.69. The molecule has 0 aliphatic heterocycles. The smallest absolute Gasteiger partial charge is 0.00424 e. The van der Waals surface area contributed by atoms with E-state index >= 15 is 0 Å². The van der Waals surface area contributed by atoms with Gasteiger partial charge in [0, 0.05) is 0 Å². The minimum atomic E-state index is 0.655. The molecule has 1 nitrogen and oxygen atoms in total. The van der Waals surface area contributed by atoms with Crippen LogP contribution in [-0.2, 0) is 0 Å². The van der Waals surface area contributed by atoms with Crippen LogP contribution in [0.1, 0.15) is 50.7 Å². The fourth-order valence-electron chi connectivity index (χ4n) is 1.73. The molecule has 0 spiro atoms. The van der Waals surface area contributed by atoms with Gasteiger partial charge in [-0.3, -0.25) is 0 Å². The lowest BCUT2D eigenvalue weighted by molar-refractivity contribution is 0.733. The molecule has 1 aromatic carbocycles. The maximum atomic E-state index is 5.49. The Kier molecular flexibility index (Phi) is 5.27. The van der Waals surface area contributed by atoms with E-state index in [4.69, 9.17) is 5.73 Å². The third-order valence-corrected chi connectivity index (χ3v) is 3.16. The predicted molar refractivity (Wildman–Crippen MR) is 72.5 cm³/mol. The molecule has 0 aromatic heterocycles. The zero-order valence-electron chi connectivity index (χ0n) is 10.7. The van der Waals surface area contributed by atoms with Gasteiger partial charge in [0.05, 0.1) is 0 Å². The van der Waals surface area contributed by atoms with Crippen LogP contribution in [0, 0.1) is 0 Å². The highest BCUT2D eigenvalue weighted by Crippen LogP contribution is 2.21. The van der Waals surface area contributed by atoms with Gasteiger partial charge in [-0.15, -0.1) is 0 Å². The summed E-state index contributed by atoms with van der Waals surface area (Å²) < 4.78 is 0. The third kappa shape index (κ3) is 3.49. The van der Waals surface area contributed by atoms with E-state index in [1.165, 1.54) is 23.1 Å². The van der Waals surface area contributed by atoms with Crippen LogP contribution in [-0.4, -0.2) is 6.54 Å². The summed E-state index contributed by atoms with van der Waals surface area (Å²) in [4.78, 5) is 0. The second kappa shape index (κ2) is 6.49. The quantitative estimate of drug-likeness (QED) is 0.794. The molecule has 2 N–H and O–H groups in total. The van der Waals surface area contributed by atoms with Gasteiger partial charge in [-0.25, -0.2) is 0 Å². The van der Waals surface area contributed by atoms with E-state index < -0.39 is 0 Å². The van der Waals surface area contributed by atoms with Gasteiger partial charge in [-0.05, 0) is 48.9 Å². The normalized spacial score (nSPS) is 13.9. The van der Waals surface area contributed by atoms with E-state index in [0.29, 0.717) is 5.92 Å². The van der Waals surface area contributed by atoms with Crippen molar-refractivity contribution in [3.05, 3.63) is 41.5 Å². The average Bonchev–Trinajstić information content (AvgIpc) is 2.35. The fourth-order valence-corrected chi connectivity index (χ4v) is 1.73. The number of hydrogen-bond donors (Lipinski definition) is 1. The van der Waals surface area contributed by atoms with Crippen molar-refractivity contribution >= 4 is 5.57 Å². The Hall–Kier alpha value is -1.08. The first-order valence-electron chi connectivity index (χ1n) is 6.16. The molecule has 0 heterocycles. The second-order valence-electron chi connectivity index (χ2n) is 4.40. The SMILES string of the molecule is CCC(C)c1ccc(/C(C)=C/CCN)cc1. The van der Waals surface area contributed by atoms with E-state index in [9.17, 15) is 0 Å². The Balaban J connectivity index is 2.78. The lowest BCUT2D eigenvalue weighted by atomic mass is 9.96. The molecule has 16 heavy (non-hydrogen) atoms. The van der Waals surface area contributed by atoms with Gasteiger partial charge in [-0.1, -0.05) is 44.2 Å². The second-order valence-corrected chi connectivity index (χ2v) is 4.40. The molecule has 0 bridgehead atoms. The lowest BCUT2D eigenvalue weighted by Gasteiger charge is -2.10. The summed E-state index contributed by atoms with van der Waals surface area (Å²) in [5, 5.41) is 0. The van der Waals surface area contributed by atoms with Crippen molar-refractivity contribution in [2.24, 2.45) is 5.73 Å². The minimum Gasteiger partial charge on any atom is -0.330 e. The first kappa shape index (κ1) is 13.0. The van der Waals surface area contributed by atoms with E-state index in [-0.39, 0.29) is 0 Å². The molecule has 0 radical (unpaired) electrons. The van der Waals surface area contributed by atoms with Crippen LogP contribution in [0.2, 0.25) is 0 Å². The third-order valence-electron chi connectivity index (χ3n) is 3.16. The topological polar surface area (TPSA) is 26.0 Å². The van der Waals surface area contributed by atoms with Gasteiger partial charge >= 0.3 is 0 Å². The summed E-state index contributed by atoms with van der Waals surface area (Å²) in [6.07, 6.45) is 4.36. The van der Waals surface area contributed by atoms with Crippen molar-refractivity contribution in [3.63, 3.8) is 0 Å². The molecule has 1 rings (SSSR count). The van der Waals surface area contributed by atoms with Crippen molar-refractivity contribution in [1.29, 1.82) is 0 Å². The van der Waals surface area contributed by atoms with Gasteiger partial charge in [0.25, 0.3) is 0 Å². The molecule has 1 aromatic rings. The number of allylic oxidation sites excluding steroid dienone is 1. The summed E-state index contributed by atoms with van der Waals surface area (Å²) in [6.45, 7) is 7.37. The van der Waals surface area contributed by atoms with E-state index in [2.05, 4.69) is 51.1 Å². The molecular formula is C15H23N. The number of nitrogens with two attached hydrogens (primary N) is 1. The Labute approximate surface area is 99.4 Å². The van der Waals surface area contributed by atoms with Crippen LogP contribution >= 0.6 is 0 Å². The number of benzene rings is 1. The van der Waals surface area contributed by atoms with E-state index in [1.54, 1.807) is 0 Å². The van der Waals surface area contributed by atoms with Crippen molar-refractivity contribution in [2.45, 2.75) is 39.5 Å². The summed E-state index contributed by atoms with van der Waals surface area (Å²) in [5.41, 5.74) is 9.55. The number of hydrogen-bond acceptors (Lipinski definition) is 1. The van der Waals surface area contributed by atoms with Gasteiger partial charge in [0.2, 0.25) is 0 Å². The largest absolute Gasteiger partial charge is 0.330 e. The number of rotatable bonds is 5. The van der Waals surface area contributed by atoms with Gasteiger partial charge in [-0.2, -0.15) is 0 Å². The molecule has 1 heteroatoms. The maximum absolute atomic E-state index is 5.49. The highest BCUT2D eigenvalue weighted by atomic mass is 14.5. The molecule has 0 fully saturated rings. The van der Waals surface area contributed by atoms with Gasteiger partial charge in [0.1, 0.15) is 0 Å². The van der Waals surface area contributed by atoms with Crippen molar-refractivity contribution in [1.82, 2.24) is 0 Å². The molecule has 88 valence electrons. The molecule has 1 unspecified atom stereocenters. The molecule has 0 aliphatic rings. The van der Waals surface area contributed by atoms with Crippen molar-refractivity contribution in [2.75, 3.05) is 6.54 Å². The zero-order valence-corrected chi connectivity index (χ0v) is 10.7. The molecule has 0 saturated heterocycles. The highest BCUT2D eigenvalue weighted by Gasteiger charge is 2.02. The standard InChI is InChI=1S/C15H23N/c1-4-12(2)14-7-9-15(10-8-14)13(3)6-5-11-16/h6-10,12H,4-5,11,16H2,1-3H3/b13-6+. The summed E-state index contributed by atoms with van der Waals surface area (Å²) in [7, 11) is 0.